The molecule has 0 saturated carbocycles. The highest BCUT2D eigenvalue weighted by atomic mass is 35.5. The van der Waals surface area contributed by atoms with Crippen LogP contribution in [0, 0.1) is 0 Å². The van der Waals surface area contributed by atoms with Gasteiger partial charge < -0.3 is 4.74 Å². The first-order valence-corrected chi connectivity index (χ1v) is 5.66. The molecule has 4 heteroatoms. The average molecular weight is 242 g/mol. The zero-order valence-corrected chi connectivity index (χ0v) is 10.5. The lowest BCUT2D eigenvalue weighted by Gasteiger charge is -2.12. The van der Waals surface area contributed by atoms with E-state index in [4.69, 9.17) is 16.3 Å². The van der Waals surface area contributed by atoms with Gasteiger partial charge in [0.1, 0.15) is 0 Å². The summed E-state index contributed by atoms with van der Waals surface area (Å²) in [6.45, 7) is 5.62. The van der Waals surface area contributed by atoms with Crippen LogP contribution in [0.4, 0.5) is 10.5 Å². The molecule has 16 heavy (non-hydrogen) atoms. The van der Waals surface area contributed by atoms with E-state index in [2.05, 4.69) is 5.32 Å². The van der Waals surface area contributed by atoms with Crippen molar-refractivity contribution in [1.82, 2.24) is 0 Å². The molecule has 0 aliphatic rings. The summed E-state index contributed by atoms with van der Waals surface area (Å²) in [5, 5.41) is 3.37. The number of halogens is 1. The second-order valence-electron chi connectivity index (χ2n) is 3.73. The van der Waals surface area contributed by atoms with Crippen molar-refractivity contribution in [1.29, 1.82) is 0 Å². The first-order valence-electron chi connectivity index (χ1n) is 5.29. The molecule has 0 saturated heterocycles. The number of rotatable bonds is 3. The van der Waals surface area contributed by atoms with Gasteiger partial charge in [-0.2, -0.15) is 0 Å². The molecule has 1 aromatic rings. The van der Waals surface area contributed by atoms with Gasteiger partial charge in [0.2, 0.25) is 0 Å². The highest BCUT2D eigenvalue weighted by Gasteiger charge is 2.08. The summed E-state index contributed by atoms with van der Waals surface area (Å²) in [6, 6.07) is 5.36. The molecule has 0 fully saturated rings. The number of anilines is 1. The standard InChI is InChI=1S/C12H16ClNO2/c1-4-9-7-10(13)5-6-11(9)14-12(15)16-8(2)3/h5-8H,4H2,1-3H3,(H,14,15). The number of amides is 1. The van der Waals surface area contributed by atoms with Gasteiger partial charge in [0.15, 0.2) is 0 Å². The molecule has 0 heterocycles. The van der Waals surface area contributed by atoms with E-state index in [0.29, 0.717) is 5.02 Å². The smallest absolute Gasteiger partial charge is 0.411 e. The van der Waals surface area contributed by atoms with Crippen molar-refractivity contribution in [3.63, 3.8) is 0 Å². The largest absolute Gasteiger partial charge is 0.447 e. The number of hydrogen-bond donors (Lipinski definition) is 1. The van der Waals surface area contributed by atoms with E-state index >= 15 is 0 Å². The maximum Gasteiger partial charge on any atom is 0.411 e. The molecule has 0 spiro atoms. The van der Waals surface area contributed by atoms with Crippen molar-refractivity contribution in [3.05, 3.63) is 28.8 Å². The molecule has 1 amide bonds. The van der Waals surface area contributed by atoms with Crippen LogP contribution < -0.4 is 5.32 Å². The summed E-state index contributed by atoms with van der Waals surface area (Å²) in [5.41, 5.74) is 1.74. The molecule has 1 N–H and O–H groups in total. The summed E-state index contributed by atoms with van der Waals surface area (Å²) in [7, 11) is 0. The first kappa shape index (κ1) is 12.8. The lowest BCUT2D eigenvalue weighted by Crippen LogP contribution is -2.18. The lowest BCUT2D eigenvalue weighted by molar-refractivity contribution is 0.130. The number of ether oxygens (including phenoxy) is 1. The van der Waals surface area contributed by atoms with E-state index in [1.807, 2.05) is 26.8 Å². The Bertz CT molecular complexity index is 377. The third-order valence-corrected chi connectivity index (χ3v) is 2.26. The SMILES string of the molecule is CCc1cc(Cl)ccc1NC(=O)OC(C)C. The van der Waals surface area contributed by atoms with Crippen molar-refractivity contribution in [2.24, 2.45) is 0 Å². The quantitative estimate of drug-likeness (QED) is 0.873. The second-order valence-corrected chi connectivity index (χ2v) is 4.17. The Hall–Kier alpha value is -1.22. The van der Waals surface area contributed by atoms with Crippen molar-refractivity contribution >= 4 is 23.4 Å². The van der Waals surface area contributed by atoms with Crippen molar-refractivity contribution in [3.8, 4) is 0 Å². The molecule has 0 atom stereocenters. The van der Waals surface area contributed by atoms with E-state index in [1.54, 1.807) is 12.1 Å². The third kappa shape index (κ3) is 3.74. The minimum absolute atomic E-state index is 0.127. The van der Waals surface area contributed by atoms with Crippen molar-refractivity contribution in [2.75, 3.05) is 5.32 Å². The zero-order chi connectivity index (χ0) is 12.1. The number of carbonyl (C=O) groups is 1. The van der Waals surface area contributed by atoms with Gasteiger partial charge in [-0.05, 0) is 44.0 Å². The van der Waals surface area contributed by atoms with Gasteiger partial charge in [-0.15, -0.1) is 0 Å². The summed E-state index contributed by atoms with van der Waals surface area (Å²) in [4.78, 5) is 11.4. The molecule has 0 aliphatic carbocycles. The highest BCUT2D eigenvalue weighted by molar-refractivity contribution is 6.30. The van der Waals surface area contributed by atoms with E-state index in [9.17, 15) is 4.79 Å². The predicted octanol–water partition coefficient (Wildman–Crippen LogP) is 3.86. The Morgan fingerprint density at radius 2 is 2.19 bits per heavy atom. The number of aryl methyl sites for hydroxylation is 1. The summed E-state index contributed by atoms with van der Waals surface area (Å²) in [6.07, 6.45) is 0.238. The van der Waals surface area contributed by atoms with E-state index in [-0.39, 0.29) is 6.10 Å². The van der Waals surface area contributed by atoms with Gasteiger partial charge in [-0.3, -0.25) is 5.32 Å². The first-order chi connectivity index (χ1) is 7.52. The Morgan fingerprint density at radius 1 is 1.50 bits per heavy atom. The van der Waals surface area contributed by atoms with Crippen LogP contribution >= 0.6 is 11.6 Å². The van der Waals surface area contributed by atoms with Crippen LogP contribution in [0.1, 0.15) is 26.3 Å². The molecule has 1 aromatic carbocycles. The fourth-order valence-electron chi connectivity index (χ4n) is 1.33. The zero-order valence-electron chi connectivity index (χ0n) is 9.71. The van der Waals surface area contributed by atoms with Gasteiger partial charge >= 0.3 is 6.09 Å². The fraction of sp³-hybridized carbons (Fsp3) is 0.417. The molecule has 88 valence electrons. The molecule has 0 unspecified atom stereocenters. The molecule has 1 rings (SSSR count). The summed E-state index contributed by atoms with van der Waals surface area (Å²) in [5.74, 6) is 0. The Labute approximate surface area is 101 Å². The highest BCUT2D eigenvalue weighted by Crippen LogP contribution is 2.21. The van der Waals surface area contributed by atoms with Crippen LogP contribution in [0.2, 0.25) is 5.02 Å². The van der Waals surface area contributed by atoms with Crippen LogP contribution in [0.3, 0.4) is 0 Å². The molecule has 3 nitrogen and oxygen atoms in total. The normalized spacial score (nSPS) is 10.3. The van der Waals surface area contributed by atoms with Crippen LogP contribution in [-0.2, 0) is 11.2 Å². The van der Waals surface area contributed by atoms with Crippen LogP contribution in [0.25, 0.3) is 0 Å². The maximum atomic E-state index is 11.4. The molecule has 0 radical (unpaired) electrons. The second kappa shape index (κ2) is 5.75. The Balaban J connectivity index is 2.76. The molecule has 0 bridgehead atoms. The topological polar surface area (TPSA) is 38.3 Å². The van der Waals surface area contributed by atoms with Crippen LogP contribution in [-0.4, -0.2) is 12.2 Å². The van der Waals surface area contributed by atoms with E-state index in [0.717, 1.165) is 17.7 Å². The van der Waals surface area contributed by atoms with Gasteiger partial charge in [0, 0.05) is 10.7 Å². The molecular weight excluding hydrogens is 226 g/mol. The third-order valence-electron chi connectivity index (χ3n) is 2.03. The Morgan fingerprint density at radius 3 is 2.75 bits per heavy atom. The lowest BCUT2D eigenvalue weighted by atomic mass is 10.1. The van der Waals surface area contributed by atoms with Crippen LogP contribution in [0.15, 0.2) is 18.2 Å². The van der Waals surface area contributed by atoms with Gasteiger partial charge in [0.25, 0.3) is 0 Å². The van der Waals surface area contributed by atoms with E-state index < -0.39 is 6.09 Å². The predicted molar refractivity (Wildman–Crippen MR) is 66.1 cm³/mol. The van der Waals surface area contributed by atoms with E-state index in [1.165, 1.54) is 0 Å². The van der Waals surface area contributed by atoms with Gasteiger partial charge in [0.05, 0.1) is 6.10 Å². The van der Waals surface area contributed by atoms with Crippen LogP contribution in [0.5, 0.6) is 0 Å². The minimum atomic E-state index is -0.438. The number of carbonyl (C=O) groups excluding carboxylic acids is 1. The number of nitrogens with one attached hydrogen (secondary N) is 1. The van der Waals surface area contributed by atoms with Crippen molar-refractivity contribution < 1.29 is 9.53 Å². The fourth-order valence-corrected chi connectivity index (χ4v) is 1.52. The number of benzene rings is 1. The monoisotopic (exact) mass is 241 g/mol. The summed E-state index contributed by atoms with van der Waals surface area (Å²) < 4.78 is 5.00. The molecule has 0 aliphatic heterocycles. The van der Waals surface area contributed by atoms with Gasteiger partial charge in [-0.1, -0.05) is 18.5 Å². The van der Waals surface area contributed by atoms with Gasteiger partial charge in [-0.25, -0.2) is 4.79 Å². The molecule has 0 aromatic heterocycles. The minimum Gasteiger partial charge on any atom is -0.447 e. The number of hydrogen-bond acceptors (Lipinski definition) is 2. The average Bonchev–Trinajstić information content (AvgIpc) is 2.19. The Kier molecular flexibility index (Phi) is 4.62. The summed E-state index contributed by atoms with van der Waals surface area (Å²) >= 11 is 5.87. The molecular formula is C12H16ClNO2. The maximum absolute atomic E-state index is 11.4. The van der Waals surface area contributed by atoms with Crippen molar-refractivity contribution in [2.45, 2.75) is 33.3 Å².